The lowest BCUT2D eigenvalue weighted by Gasteiger charge is -2.41. The summed E-state index contributed by atoms with van der Waals surface area (Å²) in [5.74, 6) is 0.924. The van der Waals surface area contributed by atoms with Gasteiger partial charge < -0.3 is 4.74 Å². The predicted molar refractivity (Wildman–Crippen MR) is 64.0 cm³/mol. The standard InChI is InChI=1S/C14H24O2/c1-10-9-14(16-12(10)15)7-5-11(6-8-14)13(2,3)4/h10-11H,5-9H2,1-4H3. The summed E-state index contributed by atoms with van der Waals surface area (Å²) in [6, 6.07) is 0. The van der Waals surface area contributed by atoms with Crippen molar-refractivity contribution in [3.63, 3.8) is 0 Å². The minimum atomic E-state index is -0.0851. The second-order valence-electron chi connectivity index (χ2n) is 6.85. The van der Waals surface area contributed by atoms with Crippen molar-refractivity contribution in [1.82, 2.24) is 0 Å². The number of ether oxygens (including phenoxy) is 1. The first-order valence-corrected chi connectivity index (χ1v) is 6.55. The van der Waals surface area contributed by atoms with Crippen LogP contribution in [0.3, 0.4) is 0 Å². The van der Waals surface area contributed by atoms with Crippen molar-refractivity contribution in [3.8, 4) is 0 Å². The molecule has 0 N–H and O–H groups in total. The minimum Gasteiger partial charge on any atom is -0.459 e. The second-order valence-corrected chi connectivity index (χ2v) is 6.85. The van der Waals surface area contributed by atoms with E-state index in [0.717, 1.165) is 25.2 Å². The Bertz CT molecular complexity index is 280. The fraction of sp³-hybridized carbons (Fsp3) is 0.929. The van der Waals surface area contributed by atoms with Crippen molar-refractivity contribution >= 4 is 5.97 Å². The molecule has 1 unspecified atom stereocenters. The zero-order valence-corrected chi connectivity index (χ0v) is 11.0. The lowest BCUT2D eigenvalue weighted by atomic mass is 9.67. The average Bonchev–Trinajstić information content (AvgIpc) is 2.41. The Hall–Kier alpha value is -0.530. The molecule has 1 heterocycles. The molecule has 1 aliphatic carbocycles. The Morgan fingerprint density at radius 1 is 1.25 bits per heavy atom. The molecule has 1 saturated carbocycles. The van der Waals surface area contributed by atoms with Crippen LogP contribution in [0.4, 0.5) is 0 Å². The highest BCUT2D eigenvalue weighted by atomic mass is 16.6. The van der Waals surface area contributed by atoms with E-state index in [4.69, 9.17) is 4.74 Å². The maximum Gasteiger partial charge on any atom is 0.309 e. The van der Waals surface area contributed by atoms with Crippen LogP contribution >= 0.6 is 0 Å². The summed E-state index contributed by atoms with van der Waals surface area (Å²) in [7, 11) is 0. The van der Waals surface area contributed by atoms with Crippen LogP contribution in [0.15, 0.2) is 0 Å². The Kier molecular flexibility index (Phi) is 2.80. The quantitative estimate of drug-likeness (QED) is 0.588. The molecule has 0 amide bonds. The first kappa shape index (κ1) is 11.9. The van der Waals surface area contributed by atoms with Crippen LogP contribution in [-0.4, -0.2) is 11.6 Å². The molecule has 16 heavy (non-hydrogen) atoms. The van der Waals surface area contributed by atoms with Crippen molar-refractivity contribution in [1.29, 1.82) is 0 Å². The predicted octanol–water partition coefficient (Wildman–Crippen LogP) is 3.54. The molecule has 1 saturated heterocycles. The van der Waals surface area contributed by atoms with E-state index >= 15 is 0 Å². The van der Waals surface area contributed by atoms with E-state index in [1.165, 1.54) is 12.8 Å². The molecule has 1 atom stereocenters. The zero-order chi connectivity index (χ0) is 12.0. The van der Waals surface area contributed by atoms with Crippen molar-refractivity contribution in [2.45, 2.75) is 65.4 Å². The van der Waals surface area contributed by atoms with E-state index in [0.29, 0.717) is 5.41 Å². The monoisotopic (exact) mass is 224 g/mol. The molecule has 1 aliphatic heterocycles. The van der Waals surface area contributed by atoms with Gasteiger partial charge in [0.05, 0.1) is 5.92 Å². The third kappa shape index (κ3) is 2.11. The molecular weight excluding hydrogens is 200 g/mol. The average molecular weight is 224 g/mol. The van der Waals surface area contributed by atoms with Gasteiger partial charge in [0, 0.05) is 6.42 Å². The Morgan fingerprint density at radius 2 is 1.81 bits per heavy atom. The van der Waals surface area contributed by atoms with Crippen LogP contribution < -0.4 is 0 Å². The lowest BCUT2D eigenvalue weighted by Crippen LogP contribution is -2.37. The zero-order valence-electron chi connectivity index (χ0n) is 11.0. The van der Waals surface area contributed by atoms with Gasteiger partial charge in [0.15, 0.2) is 0 Å². The molecule has 0 aromatic heterocycles. The van der Waals surface area contributed by atoms with Gasteiger partial charge >= 0.3 is 5.97 Å². The Morgan fingerprint density at radius 3 is 2.19 bits per heavy atom. The second kappa shape index (κ2) is 3.75. The molecule has 0 bridgehead atoms. The molecule has 2 heteroatoms. The highest BCUT2D eigenvalue weighted by Crippen LogP contribution is 2.47. The van der Waals surface area contributed by atoms with Gasteiger partial charge in [-0.15, -0.1) is 0 Å². The first-order valence-electron chi connectivity index (χ1n) is 6.55. The van der Waals surface area contributed by atoms with E-state index in [-0.39, 0.29) is 17.5 Å². The maximum absolute atomic E-state index is 11.5. The molecule has 0 aromatic carbocycles. The number of rotatable bonds is 0. The van der Waals surface area contributed by atoms with E-state index in [1.807, 2.05) is 6.92 Å². The fourth-order valence-corrected chi connectivity index (χ4v) is 3.31. The van der Waals surface area contributed by atoms with Gasteiger partial charge in [0.25, 0.3) is 0 Å². The highest BCUT2D eigenvalue weighted by molar-refractivity contribution is 5.74. The summed E-state index contributed by atoms with van der Waals surface area (Å²) >= 11 is 0. The molecule has 0 aromatic rings. The van der Waals surface area contributed by atoms with Gasteiger partial charge in [-0.3, -0.25) is 4.79 Å². The molecule has 2 rings (SSSR count). The number of carbonyl (C=O) groups excluding carboxylic acids is 1. The number of hydrogen-bond donors (Lipinski definition) is 0. The molecule has 92 valence electrons. The van der Waals surface area contributed by atoms with Crippen molar-refractivity contribution in [2.24, 2.45) is 17.3 Å². The summed E-state index contributed by atoms with van der Waals surface area (Å²) in [5, 5.41) is 0. The molecule has 1 spiro atoms. The Labute approximate surface area is 98.7 Å². The third-order valence-electron chi connectivity index (χ3n) is 4.52. The van der Waals surface area contributed by atoms with Crippen LogP contribution in [0.2, 0.25) is 0 Å². The van der Waals surface area contributed by atoms with Crippen LogP contribution in [0.5, 0.6) is 0 Å². The third-order valence-corrected chi connectivity index (χ3v) is 4.52. The van der Waals surface area contributed by atoms with E-state index in [9.17, 15) is 4.79 Å². The summed E-state index contributed by atoms with van der Waals surface area (Å²) in [6.45, 7) is 8.95. The smallest absolute Gasteiger partial charge is 0.309 e. The number of carbonyl (C=O) groups is 1. The van der Waals surface area contributed by atoms with Crippen molar-refractivity contribution in [3.05, 3.63) is 0 Å². The van der Waals surface area contributed by atoms with Gasteiger partial charge in [-0.25, -0.2) is 0 Å². The normalized spacial score (nSPS) is 40.1. The van der Waals surface area contributed by atoms with Gasteiger partial charge in [-0.1, -0.05) is 27.7 Å². The van der Waals surface area contributed by atoms with Crippen LogP contribution in [-0.2, 0) is 9.53 Å². The van der Waals surface area contributed by atoms with Gasteiger partial charge in [-0.2, -0.15) is 0 Å². The minimum absolute atomic E-state index is 0.0224. The van der Waals surface area contributed by atoms with Crippen LogP contribution in [0.25, 0.3) is 0 Å². The largest absolute Gasteiger partial charge is 0.459 e. The summed E-state index contributed by atoms with van der Waals surface area (Å²) in [5.41, 5.74) is 0.314. The lowest BCUT2D eigenvalue weighted by molar-refractivity contribution is -0.153. The SMILES string of the molecule is CC1CC2(CCC(C(C)(C)C)CC2)OC1=O. The summed E-state index contributed by atoms with van der Waals surface area (Å²) in [6.07, 6.45) is 5.52. The molecule has 2 nitrogen and oxygen atoms in total. The van der Waals surface area contributed by atoms with E-state index < -0.39 is 0 Å². The van der Waals surface area contributed by atoms with E-state index in [2.05, 4.69) is 20.8 Å². The fourth-order valence-electron chi connectivity index (χ4n) is 3.31. The maximum atomic E-state index is 11.5. The van der Waals surface area contributed by atoms with Crippen molar-refractivity contribution < 1.29 is 9.53 Å². The first-order chi connectivity index (χ1) is 7.32. The topological polar surface area (TPSA) is 26.3 Å². The molecular formula is C14H24O2. The molecule has 0 radical (unpaired) electrons. The van der Waals surface area contributed by atoms with E-state index in [1.54, 1.807) is 0 Å². The number of hydrogen-bond acceptors (Lipinski definition) is 2. The number of esters is 1. The molecule has 2 fully saturated rings. The van der Waals surface area contributed by atoms with Crippen molar-refractivity contribution in [2.75, 3.05) is 0 Å². The van der Waals surface area contributed by atoms with Gasteiger partial charge in [0.2, 0.25) is 0 Å². The van der Waals surface area contributed by atoms with Crippen LogP contribution in [0.1, 0.15) is 59.8 Å². The van der Waals surface area contributed by atoms with Crippen LogP contribution in [0, 0.1) is 17.3 Å². The van der Waals surface area contributed by atoms with Gasteiger partial charge in [-0.05, 0) is 37.0 Å². The Balaban J connectivity index is 1.98. The van der Waals surface area contributed by atoms with Gasteiger partial charge in [0.1, 0.15) is 5.60 Å². The molecule has 2 aliphatic rings. The highest BCUT2D eigenvalue weighted by Gasteiger charge is 2.47. The summed E-state index contributed by atoms with van der Waals surface area (Å²) in [4.78, 5) is 11.5. The summed E-state index contributed by atoms with van der Waals surface area (Å²) < 4.78 is 5.62.